The second-order valence-corrected chi connectivity index (χ2v) is 6.05. The van der Waals surface area contributed by atoms with Gasteiger partial charge < -0.3 is 20.1 Å². The molecule has 2 aromatic rings. The normalized spacial score (nSPS) is 13.2. The van der Waals surface area contributed by atoms with E-state index in [1.54, 1.807) is 31.4 Å². The van der Waals surface area contributed by atoms with E-state index in [9.17, 15) is 9.59 Å². The molecular formula is C20H22N2O4. The Balaban J connectivity index is 1.48. The molecule has 136 valence electrons. The van der Waals surface area contributed by atoms with Crippen LogP contribution < -0.4 is 20.1 Å². The predicted octanol–water partition coefficient (Wildman–Crippen LogP) is 2.78. The molecule has 0 aromatic heterocycles. The van der Waals surface area contributed by atoms with Gasteiger partial charge in [-0.3, -0.25) is 9.59 Å². The van der Waals surface area contributed by atoms with Gasteiger partial charge in [0.05, 0.1) is 13.7 Å². The Morgan fingerprint density at radius 3 is 2.65 bits per heavy atom. The molecule has 0 unspecified atom stereocenters. The monoisotopic (exact) mass is 354 g/mol. The Kier molecular flexibility index (Phi) is 5.73. The number of benzene rings is 2. The molecule has 0 saturated heterocycles. The molecule has 0 aliphatic carbocycles. The molecule has 26 heavy (non-hydrogen) atoms. The average molecular weight is 354 g/mol. The molecule has 0 bridgehead atoms. The lowest BCUT2D eigenvalue weighted by Gasteiger charge is -2.11. The van der Waals surface area contributed by atoms with E-state index in [1.165, 1.54) is 0 Å². The van der Waals surface area contributed by atoms with E-state index < -0.39 is 0 Å². The minimum absolute atomic E-state index is 0.0543. The second kappa shape index (κ2) is 8.38. The summed E-state index contributed by atoms with van der Waals surface area (Å²) in [7, 11) is 1.59. The highest BCUT2D eigenvalue weighted by Crippen LogP contribution is 2.26. The van der Waals surface area contributed by atoms with Crippen molar-refractivity contribution in [1.82, 2.24) is 5.32 Å². The molecule has 2 N–H and O–H groups in total. The van der Waals surface area contributed by atoms with Crippen molar-refractivity contribution in [2.75, 3.05) is 25.6 Å². The Bertz CT molecular complexity index is 787. The molecule has 2 amide bonds. The van der Waals surface area contributed by atoms with Crippen LogP contribution in [-0.4, -0.2) is 32.1 Å². The lowest BCUT2D eigenvalue weighted by atomic mass is 10.1. The molecule has 3 rings (SSSR count). The largest absolute Gasteiger partial charge is 0.497 e. The third-order valence-corrected chi connectivity index (χ3v) is 4.21. The maximum absolute atomic E-state index is 12.1. The van der Waals surface area contributed by atoms with Gasteiger partial charge in [0.15, 0.2) is 0 Å². The predicted molar refractivity (Wildman–Crippen MR) is 98.8 cm³/mol. The van der Waals surface area contributed by atoms with Crippen LogP contribution in [0, 0.1) is 0 Å². The molecule has 6 heteroatoms. The van der Waals surface area contributed by atoms with Gasteiger partial charge in [0.25, 0.3) is 5.91 Å². The van der Waals surface area contributed by atoms with E-state index in [0.717, 1.165) is 29.8 Å². The number of carbonyl (C=O) groups excluding carboxylic acids is 2. The molecular weight excluding hydrogens is 332 g/mol. The second-order valence-electron chi connectivity index (χ2n) is 6.05. The summed E-state index contributed by atoms with van der Waals surface area (Å²) in [6.07, 6.45) is 2.22. The number of rotatable bonds is 6. The van der Waals surface area contributed by atoms with Crippen LogP contribution in [0.5, 0.6) is 11.5 Å². The van der Waals surface area contributed by atoms with Gasteiger partial charge >= 0.3 is 0 Å². The smallest absolute Gasteiger partial charge is 0.251 e. The number of nitrogens with one attached hydrogen (secondary N) is 2. The highest BCUT2D eigenvalue weighted by molar-refractivity contribution is 5.94. The zero-order chi connectivity index (χ0) is 18.4. The first kappa shape index (κ1) is 17.8. The van der Waals surface area contributed by atoms with Crippen LogP contribution in [0.15, 0.2) is 42.5 Å². The number of ether oxygens (including phenoxy) is 2. The summed E-state index contributed by atoms with van der Waals surface area (Å²) < 4.78 is 10.8. The van der Waals surface area contributed by atoms with Crippen LogP contribution >= 0.6 is 0 Å². The minimum atomic E-state index is -0.152. The average Bonchev–Trinajstić information content (AvgIpc) is 2.85. The highest BCUT2D eigenvalue weighted by Gasteiger charge is 2.13. The Labute approximate surface area is 152 Å². The standard InChI is InChI=1S/C20H22N2O4/c1-25-16-7-5-14(6-8-16)20(24)21-11-12-26-17-9-10-18-15(13-17)3-2-4-19(23)22-18/h5-10,13H,2-4,11-12H2,1H3,(H,21,24)(H,22,23). The van der Waals surface area contributed by atoms with Crippen molar-refractivity contribution < 1.29 is 19.1 Å². The summed E-state index contributed by atoms with van der Waals surface area (Å²) in [5.41, 5.74) is 2.51. The molecule has 0 saturated carbocycles. The fourth-order valence-corrected chi connectivity index (χ4v) is 2.82. The number of anilines is 1. The van der Waals surface area contributed by atoms with Crippen LogP contribution in [0.3, 0.4) is 0 Å². The molecule has 1 heterocycles. The number of hydrogen-bond acceptors (Lipinski definition) is 4. The number of amides is 2. The molecule has 0 fully saturated rings. The summed E-state index contributed by atoms with van der Waals surface area (Å²) in [5.74, 6) is 1.35. The van der Waals surface area contributed by atoms with E-state index >= 15 is 0 Å². The van der Waals surface area contributed by atoms with Gasteiger partial charge in [-0.15, -0.1) is 0 Å². The Morgan fingerprint density at radius 1 is 1.12 bits per heavy atom. The fourth-order valence-electron chi connectivity index (χ4n) is 2.82. The van der Waals surface area contributed by atoms with Gasteiger partial charge in [-0.25, -0.2) is 0 Å². The van der Waals surface area contributed by atoms with Crippen LogP contribution in [0.4, 0.5) is 5.69 Å². The first-order chi connectivity index (χ1) is 12.7. The first-order valence-electron chi connectivity index (χ1n) is 8.63. The number of hydrogen-bond donors (Lipinski definition) is 2. The number of carbonyl (C=O) groups is 2. The minimum Gasteiger partial charge on any atom is -0.497 e. The maximum atomic E-state index is 12.1. The fraction of sp³-hybridized carbons (Fsp3) is 0.300. The summed E-state index contributed by atoms with van der Waals surface area (Å²) in [5, 5.41) is 5.72. The highest BCUT2D eigenvalue weighted by atomic mass is 16.5. The molecule has 0 spiro atoms. The lowest BCUT2D eigenvalue weighted by Crippen LogP contribution is -2.28. The quantitative estimate of drug-likeness (QED) is 0.782. The van der Waals surface area contributed by atoms with Crippen molar-refractivity contribution in [1.29, 1.82) is 0 Å². The van der Waals surface area contributed by atoms with Gasteiger partial charge in [0.1, 0.15) is 18.1 Å². The van der Waals surface area contributed by atoms with Crippen molar-refractivity contribution in [2.45, 2.75) is 19.3 Å². The summed E-state index contributed by atoms with van der Waals surface area (Å²) in [6, 6.07) is 12.6. The number of aryl methyl sites for hydroxylation is 1. The van der Waals surface area contributed by atoms with Gasteiger partial charge in [-0.1, -0.05) is 0 Å². The van der Waals surface area contributed by atoms with E-state index in [0.29, 0.717) is 30.9 Å². The molecule has 6 nitrogen and oxygen atoms in total. The van der Waals surface area contributed by atoms with Gasteiger partial charge in [-0.05, 0) is 60.9 Å². The van der Waals surface area contributed by atoms with Crippen LogP contribution in [0.1, 0.15) is 28.8 Å². The van der Waals surface area contributed by atoms with E-state index in [2.05, 4.69) is 10.6 Å². The number of fused-ring (bicyclic) bond motifs is 1. The molecule has 0 atom stereocenters. The van der Waals surface area contributed by atoms with E-state index in [-0.39, 0.29) is 11.8 Å². The zero-order valence-corrected chi connectivity index (χ0v) is 14.7. The number of methoxy groups -OCH3 is 1. The van der Waals surface area contributed by atoms with E-state index in [1.807, 2.05) is 18.2 Å². The van der Waals surface area contributed by atoms with Crippen molar-refractivity contribution in [3.05, 3.63) is 53.6 Å². The topological polar surface area (TPSA) is 76.7 Å². The van der Waals surface area contributed by atoms with Crippen LogP contribution in [0.25, 0.3) is 0 Å². The summed E-state index contributed by atoms with van der Waals surface area (Å²) in [6.45, 7) is 0.770. The molecule has 2 aromatic carbocycles. The van der Waals surface area contributed by atoms with Crippen molar-refractivity contribution in [3.63, 3.8) is 0 Å². The summed E-state index contributed by atoms with van der Waals surface area (Å²) >= 11 is 0. The van der Waals surface area contributed by atoms with Crippen LogP contribution in [0.2, 0.25) is 0 Å². The first-order valence-corrected chi connectivity index (χ1v) is 8.63. The third kappa shape index (κ3) is 4.53. The van der Waals surface area contributed by atoms with Crippen LogP contribution in [-0.2, 0) is 11.2 Å². The SMILES string of the molecule is COc1ccc(C(=O)NCCOc2ccc3c(c2)CCCC(=O)N3)cc1. The molecule has 1 aliphatic heterocycles. The molecule has 0 radical (unpaired) electrons. The van der Waals surface area contributed by atoms with Crippen molar-refractivity contribution >= 4 is 17.5 Å². The zero-order valence-electron chi connectivity index (χ0n) is 14.7. The Hall–Kier alpha value is -3.02. The van der Waals surface area contributed by atoms with E-state index in [4.69, 9.17) is 9.47 Å². The Morgan fingerprint density at radius 2 is 1.88 bits per heavy atom. The van der Waals surface area contributed by atoms with Gasteiger partial charge in [0, 0.05) is 17.7 Å². The van der Waals surface area contributed by atoms with Gasteiger partial charge in [0.2, 0.25) is 5.91 Å². The van der Waals surface area contributed by atoms with Crippen molar-refractivity contribution in [2.24, 2.45) is 0 Å². The van der Waals surface area contributed by atoms with Crippen molar-refractivity contribution in [3.8, 4) is 11.5 Å². The summed E-state index contributed by atoms with van der Waals surface area (Å²) in [4.78, 5) is 23.6. The maximum Gasteiger partial charge on any atom is 0.251 e. The van der Waals surface area contributed by atoms with Gasteiger partial charge in [-0.2, -0.15) is 0 Å². The third-order valence-electron chi connectivity index (χ3n) is 4.21. The lowest BCUT2D eigenvalue weighted by molar-refractivity contribution is -0.116. The molecule has 1 aliphatic rings.